The standard InChI is InChI=1S/C11H14N4O4S2/c1-2-15-4-6(3-7(15)16)9(19)12-10-13-14-11(21-10)20-5-8(17)18/h6H,2-5H2,1H3,(H,17,18)(H,12,13,19). The van der Waals surface area contributed by atoms with Gasteiger partial charge in [0.1, 0.15) is 0 Å². The summed E-state index contributed by atoms with van der Waals surface area (Å²) < 4.78 is 0.477. The van der Waals surface area contributed by atoms with Crippen molar-refractivity contribution in [3.8, 4) is 0 Å². The summed E-state index contributed by atoms with van der Waals surface area (Å²) in [6.07, 6.45) is 0.207. The Kier molecular flexibility index (Phi) is 5.12. The Balaban J connectivity index is 1.88. The van der Waals surface area contributed by atoms with Gasteiger partial charge in [0.05, 0.1) is 11.7 Å². The minimum atomic E-state index is -0.940. The molecule has 0 aromatic carbocycles. The zero-order valence-corrected chi connectivity index (χ0v) is 12.9. The molecule has 1 fully saturated rings. The number of likely N-dealkylation sites (tertiary alicyclic amines) is 1. The van der Waals surface area contributed by atoms with Gasteiger partial charge in [0.15, 0.2) is 4.34 Å². The number of carboxylic acids is 1. The molecule has 1 aliphatic rings. The van der Waals surface area contributed by atoms with Gasteiger partial charge < -0.3 is 15.3 Å². The number of nitrogens with zero attached hydrogens (tertiary/aromatic N) is 3. The Morgan fingerprint density at radius 1 is 1.52 bits per heavy atom. The first-order valence-corrected chi connectivity index (χ1v) is 8.06. The molecule has 1 unspecified atom stereocenters. The maximum atomic E-state index is 12.0. The lowest BCUT2D eigenvalue weighted by molar-refractivity contribution is -0.134. The number of nitrogens with one attached hydrogen (secondary N) is 1. The maximum absolute atomic E-state index is 12.0. The lowest BCUT2D eigenvalue weighted by Gasteiger charge is -2.12. The van der Waals surface area contributed by atoms with Crippen molar-refractivity contribution < 1.29 is 19.5 Å². The van der Waals surface area contributed by atoms with Crippen molar-refractivity contribution in [2.45, 2.75) is 17.7 Å². The van der Waals surface area contributed by atoms with E-state index in [1.54, 1.807) is 4.90 Å². The molecule has 2 N–H and O–H groups in total. The van der Waals surface area contributed by atoms with Crippen LogP contribution < -0.4 is 5.32 Å². The van der Waals surface area contributed by atoms with Gasteiger partial charge in [-0.2, -0.15) is 0 Å². The highest BCUT2D eigenvalue weighted by molar-refractivity contribution is 8.01. The SMILES string of the molecule is CCN1CC(C(=O)Nc2nnc(SCC(=O)O)s2)CC1=O. The van der Waals surface area contributed by atoms with Crippen molar-refractivity contribution in [1.82, 2.24) is 15.1 Å². The molecule has 1 aromatic heterocycles. The summed E-state index contributed by atoms with van der Waals surface area (Å²) in [6.45, 7) is 2.88. The number of hydrogen-bond acceptors (Lipinski definition) is 7. The molecule has 1 aromatic rings. The number of carbonyl (C=O) groups excluding carboxylic acids is 2. The second-order valence-corrected chi connectivity index (χ2v) is 6.58. The average molecular weight is 330 g/mol. The van der Waals surface area contributed by atoms with Crippen LogP contribution in [0.25, 0.3) is 0 Å². The van der Waals surface area contributed by atoms with Crippen molar-refractivity contribution in [2.24, 2.45) is 5.92 Å². The molecule has 8 nitrogen and oxygen atoms in total. The number of carboxylic acid groups (broad SMARTS) is 1. The minimum absolute atomic E-state index is 0.0207. The fraction of sp³-hybridized carbons (Fsp3) is 0.545. The van der Waals surface area contributed by atoms with E-state index in [0.717, 1.165) is 23.1 Å². The molecule has 21 heavy (non-hydrogen) atoms. The number of anilines is 1. The van der Waals surface area contributed by atoms with Crippen LogP contribution in [0.1, 0.15) is 13.3 Å². The Bertz CT molecular complexity index is 562. The maximum Gasteiger partial charge on any atom is 0.313 e. The van der Waals surface area contributed by atoms with Crippen molar-refractivity contribution in [1.29, 1.82) is 0 Å². The molecule has 1 saturated heterocycles. The predicted octanol–water partition coefficient (Wildman–Crippen LogP) is 0.522. The quantitative estimate of drug-likeness (QED) is 0.577. The van der Waals surface area contributed by atoms with E-state index < -0.39 is 5.97 Å². The van der Waals surface area contributed by atoms with Crippen LogP contribution in [0.2, 0.25) is 0 Å². The fourth-order valence-electron chi connectivity index (χ4n) is 1.90. The van der Waals surface area contributed by atoms with Gasteiger partial charge in [0.25, 0.3) is 0 Å². The van der Waals surface area contributed by atoms with Crippen molar-refractivity contribution >= 4 is 46.0 Å². The average Bonchev–Trinajstić information content (AvgIpc) is 3.02. The molecule has 0 aliphatic carbocycles. The van der Waals surface area contributed by atoms with Crippen molar-refractivity contribution in [3.05, 3.63) is 0 Å². The van der Waals surface area contributed by atoms with Gasteiger partial charge >= 0.3 is 5.97 Å². The van der Waals surface area contributed by atoms with Crippen LogP contribution in [-0.2, 0) is 14.4 Å². The van der Waals surface area contributed by atoms with Gasteiger partial charge in [-0.3, -0.25) is 14.4 Å². The minimum Gasteiger partial charge on any atom is -0.481 e. The highest BCUT2D eigenvalue weighted by atomic mass is 32.2. The third kappa shape index (κ3) is 4.14. The van der Waals surface area contributed by atoms with Gasteiger partial charge in [-0.05, 0) is 6.92 Å². The summed E-state index contributed by atoms with van der Waals surface area (Å²) in [5.74, 6) is -1.70. The zero-order valence-electron chi connectivity index (χ0n) is 11.2. The number of thioether (sulfide) groups is 1. The summed E-state index contributed by atoms with van der Waals surface area (Å²) in [6, 6.07) is 0. The van der Waals surface area contributed by atoms with Crippen LogP contribution in [0.3, 0.4) is 0 Å². The van der Waals surface area contributed by atoms with Crippen molar-refractivity contribution in [2.75, 3.05) is 24.2 Å². The third-order valence-corrected chi connectivity index (χ3v) is 4.88. The van der Waals surface area contributed by atoms with Gasteiger partial charge in [0, 0.05) is 19.5 Å². The number of rotatable bonds is 6. The van der Waals surface area contributed by atoms with E-state index in [9.17, 15) is 14.4 Å². The first kappa shape index (κ1) is 15.7. The number of aromatic nitrogens is 2. The van der Waals surface area contributed by atoms with E-state index >= 15 is 0 Å². The van der Waals surface area contributed by atoms with Crippen LogP contribution in [-0.4, -0.2) is 56.8 Å². The number of carbonyl (C=O) groups is 3. The van der Waals surface area contributed by atoms with Crippen LogP contribution in [0.15, 0.2) is 4.34 Å². The molecule has 10 heteroatoms. The Morgan fingerprint density at radius 3 is 2.90 bits per heavy atom. The normalized spacial score (nSPS) is 18.0. The summed E-state index contributed by atoms with van der Waals surface area (Å²) in [7, 11) is 0. The third-order valence-electron chi connectivity index (χ3n) is 2.92. The Labute approximate surface area is 128 Å². The monoisotopic (exact) mass is 330 g/mol. The molecule has 0 spiro atoms. The highest BCUT2D eigenvalue weighted by Crippen LogP contribution is 2.26. The lowest BCUT2D eigenvalue weighted by atomic mass is 10.1. The molecule has 1 aliphatic heterocycles. The molecule has 0 saturated carbocycles. The van der Waals surface area contributed by atoms with Crippen LogP contribution in [0, 0.1) is 5.92 Å². The fourth-order valence-corrected chi connectivity index (χ4v) is 3.38. The largest absolute Gasteiger partial charge is 0.481 e. The Morgan fingerprint density at radius 2 is 2.29 bits per heavy atom. The molecule has 1 atom stereocenters. The second-order valence-electron chi connectivity index (χ2n) is 4.38. The lowest BCUT2D eigenvalue weighted by Crippen LogP contribution is -2.28. The van der Waals surface area contributed by atoms with E-state index in [1.165, 1.54) is 0 Å². The van der Waals surface area contributed by atoms with Gasteiger partial charge in [-0.25, -0.2) is 0 Å². The number of aliphatic carboxylic acids is 1. The van der Waals surface area contributed by atoms with E-state index in [4.69, 9.17) is 5.11 Å². The Hall–Kier alpha value is -1.68. The van der Waals surface area contributed by atoms with Crippen LogP contribution in [0.5, 0.6) is 0 Å². The summed E-state index contributed by atoms with van der Waals surface area (Å²) in [4.78, 5) is 35.7. The van der Waals surface area contributed by atoms with E-state index in [1.807, 2.05) is 6.92 Å². The molecule has 0 radical (unpaired) electrons. The van der Waals surface area contributed by atoms with Gasteiger partial charge in [0.2, 0.25) is 16.9 Å². The number of amides is 2. The molecule has 2 heterocycles. The first-order chi connectivity index (χ1) is 9.99. The predicted molar refractivity (Wildman–Crippen MR) is 77.3 cm³/mol. The van der Waals surface area contributed by atoms with Crippen LogP contribution in [0.4, 0.5) is 5.13 Å². The second kappa shape index (κ2) is 6.85. The zero-order chi connectivity index (χ0) is 15.4. The van der Waals surface area contributed by atoms with Crippen LogP contribution >= 0.6 is 23.1 Å². The van der Waals surface area contributed by atoms with E-state index in [2.05, 4.69) is 15.5 Å². The first-order valence-electron chi connectivity index (χ1n) is 6.26. The smallest absolute Gasteiger partial charge is 0.313 e. The van der Waals surface area contributed by atoms with E-state index in [0.29, 0.717) is 22.6 Å². The topological polar surface area (TPSA) is 112 Å². The molecule has 2 rings (SSSR count). The molecular formula is C11H14N4O4S2. The van der Waals surface area contributed by atoms with Crippen molar-refractivity contribution in [3.63, 3.8) is 0 Å². The summed E-state index contributed by atoms with van der Waals surface area (Å²) in [5.41, 5.74) is 0. The summed E-state index contributed by atoms with van der Waals surface area (Å²) >= 11 is 2.16. The molecule has 114 valence electrons. The number of hydrogen-bond donors (Lipinski definition) is 2. The van der Waals surface area contributed by atoms with E-state index in [-0.39, 0.29) is 29.9 Å². The van der Waals surface area contributed by atoms with Gasteiger partial charge in [-0.15, -0.1) is 10.2 Å². The molecule has 0 bridgehead atoms. The summed E-state index contributed by atoms with van der Waals surface area (Å²) in [5, 5.41) is 19.1. The highest BCUT2D eigenvalue weighted by Gasteiger charge is 2.33. The molecule has 2 amide bonds. The molecular weight excluding hydrogens is 316 g/mol. The van der Waals surface area contributed by atoms with Gasteiger partial charge in [-0.1, -0.05) is 23.1 Å².